The molecule has 1 aliphatic carbocycles. The van der Waals surface area contributed by atoms with Gasteiger partial charge in [0.1, 0.15) is 11.5 Å². The van der Waals surface area contributed by atoms with Gasteiger partial charge in [0.15, 0.2) is 11.5 Å². The maximum atomic E-state index is 5.67. The Hall–Kier alpha value is -2.76. The highest BCUT2D eigenvalue weighted by atomic mass is 16.5. The van der Waals surface area contributed by atoms with Crippen molar-refractivity contribution in [1.29, 1.82) is 0 Å². The number of aromatic nitrogens is 3. The highest BCUT2D eigenvalue weighted by molar-refractivity contribution is 5.83. The highest BCUT2D eigenvalue weighted by Gasteiger charge is 2.28. The van der Waals surface area contributed by atoms with Gasteiger partial charge in [-0.1, -0.05) is 20.8 Å². The first-order valence-electron chi connectivity index (χ1n) is 10.9. The van der Waals surface area contributed by atoms with Crippen LogP contribution in [0, 0.1) is 11.8 Å². The summed E-state index contributed by atoms with van der Waals surface area (Å²) in [6, 6.07) is 7.92. The summed E-state index contributed by atoms with van der Waals surface area (Å²) in [5.41, 5.74) is 3.98. The van der Waals surface area contributed by atoms with E-state index in [4.69, 9.17) is 19.6 Å². The first-order valence-corrected chi connectivity index (χ1v) is 10.9. The molecule has 1 fully saturated rings. The van der Waals surface area contributed by atoms with E-state index < -0.39 is 0 Å². The summed E-state index contributed by atoms with van der Waals surface area (Å²) in [6.45, 7) is 8.81. The summed E-state index contributed by atoms with van der Waals surface area (Å²) in [5.74, 6) is 4.05. The number of rotatable bonds is 9. The summed E-state index contributed by atoms with van der Waals surface area (Å²) in [7, 11) is 3.35. The number of nitrogens with zero attached hydrogens (tertiary/aromatic N) is 4. The lowest BCUT2D eigenvalue weighted by molar-refractivity contribution is 0.395. The van der Waals surface area contributed by atoms with Gasteiger partial charge in [0, 0.05) is 36.5 Å². The maximum Gasteiger partial charge on any atom is 0.164 e. The molecule has 2 aromatic heterocycles. The molecule has 1 aromatic carbocycles. The van der Waals surface area contributed by atoms with Gasteiger partial charge in [-0.25, -0.2) is 4.98 Å². The third-order valence-electron chi connectivity index (χ3n) is 5.66. The van der Waals surface area contributed by atoms with Gasteiger partial charge in [-0.2, -0.15) is 9.61 Å². The van der Waals surface area contributed by atoms with E-state index in [2.05, 4.69) is 25.7 Å². The summed E-state index contributed by atoms with van der Waals surface area (Å²) in [5, 5.41) is 4.73. The molecule has 1 saturated carbocycles. The van der Waals surface area contributed by atoms with E-state index in [0.717, 1.165) is 65.2 Å². The quantitative estimate of drug-likeness (QED) is 0.507. The topological polar surface area (TPSA) is 51.9 Å². The molecule has 0 amide bonds. The molecular weight excluding hydrogens is 376 g/mol. The summed E-state index contributed by atoms with van der Waals surface area (Å²) in [4.78, 5) is 7.56. The molecule has 1 aliphatic rings. The molecule has 0 bridgehead atoms. The van der Waals surface area contributed by atoms with E-state index in [0.29, 0.717) is 5.92 Å². The number of hydrogen-bond donors (Lipinski definition) is 0. The Bertz CT molecular complexity index is 1020. The molecular formula is C24H32N4O2. The number of methoxy groups -OCH3 is 2. The maximum absolute atomic E-state index is 5.67. The van der Waals surface area contributed by atoms with Crippen molar-refractivity contribution in [3.05, 3.63) is 36.2 Å². The van der Waals surface area contributed by atoms with Crippen LogP contribution in [0.3, 0.4) is 0 Å². The number of benzene rings is 1. The minimum absolute atomic E-state index is 0.573. The SMILES string of the molecule is CCc1nc2c(-c3ccc(OC)cc3OC)ccnn2c1N(CC(C)C)CC1CC1. The van der Waals surface area contributed by atoms with Gasteiger partial charge in [0.25, 0.3) is 0 Å². The number of ether oxygens (including phenoxy) is 2. The second-order valence-electron chi connectivity index (χ2n) is 8.52. The van der Waals surface area contributed by atoms with E-state index in [1.807, 2.05) is 35.0 Å². The van der Waals surface area contributed by atoms with Crippen molar-refractivity contribution < 1.29 is 9.47 Å². The van der Waals surface area contributed by atoms with E-state index in [1.165, 1.54) is 12.8 Å². The molecule has 2 heterocycles. The van der Waals surface area contributed by atoms with Crippen LogP contribution in [-0.2, 0) is 6.42 Å². The summed E-state index contributed by atoms with van der Waals surface area (Å²) >= 11 is 0. The van der Waals surface area contributed by atoms with E-state index in [1.54, 1.807) is 14.2 Å². The monoisotopic (exact) mass is 408 g/mol. The standard InChI is InChI=1S/C24H32N4O2/c1-6-21-24(27(14-16(2)3)15-17-7-8-17)28-23(26-21)20(11-12-25-28)19-10-9-18(29-4)13-22(19)30-5/h9-13,16-17H,6-8,14-15H2,1-5H3. The minimum Gasteiger partial charge on any atom is -0.497 e. The third-order valence-corrected chi connectivity index (χ3v) is 5.66. The zero-order valence-corrected chi connectivity index (χ0v) is 18.7. The molecule has 4 rings (SSSR count). The van der Waals surface area contributed by atoms with Crippen LogP contribution in [0.2, 0.25) is 0 Å². The van der Waals surface area contributed by atoms with Gasteiger partial charge in [-0.3, -0.25) is 0 Å². The second-order valence-corrected chi connectivity index (χ2v) is 8.52. The number of imidazole rings is 1. The van der Waals surface area contributed by atoms with Gasteiger partial charge >= 0.3 is 0 Å². The van der Waals surface area contributed by atoms with Crippen LogP contribution < -0.4 is 14.4 Å². The van der Waals surface area contributed by atoms with Gasteiger partial charge in [0.05, 0.1) is 19.9 Å². The molecule has 0 saturated heterocycles. The van der Waals surface area contributed by atoms with Crippen LogP contribution >= 0.6 is 0 Å². The van der Waals surface area contributed by atoms with Crippen molar-refractivity contribution in [2.75, 3.05) is 32.2 Å². The predicted molar refractivity (Wildman–Crippen MR) is 121 cm³/mol. The Morgan fingerprint density at radius 1 is 1.13 bits per heavy atom. The number of fused-ring (bicyclic) bond motifs is 1. The zero-order chi connectivity index (χ0) is 21.3. The lowest BCUT2D eigenvalue weighted by Gasteiger charge is -2.26. The van der Waals surface area contributed by atoms with Crippen LogP contribution in [0.4, 0.5) is 5.82 Å². The first-order chi connectivity index (χ1) is 14.5. The van der Waals surface area contributed by atoms with E-state index in [-0.39, 0.29) is 0 Å². The fourth-order valence-corrected chi connectivity index (χ4v) is 4.07. The Morgan fingerprint density at radius 3 is 2.57 bits per heavy atom. The zero-order valence-electron chi connectivity index (χ0n) is 18.7. The van der Waals surface area contributed by atoms with E-state index in [9.17, 15) is 0 Å². The lowest BCUT2D eigenvalue weighted by Crippen LogP contribution is -2.31. The number of hydrogen-bond acceptors (Lipinski definition) is 5. The molecule has 3 aromatic rings. The molecule has 0 N–H and O–H groups in total. The second kappa shape index (κ2) is 8.54. The largest absolute Gasteiger partial charge is 0.497 e. The Morgan fingerprint density at radius 2 is 1.93 bits per heavy atom. The van der Waals surface area contributed by atoms with Crippen molar-refractivity contribution in [2.45, 2.75) is 40.0 Å². The van der Waals surface area contributed by atoms with E-state index >= 15 is 0 Å². The fourth-order valence-electron chi connectivity index (χ4n) is 4.07. The van der Waals surface area contributed by atoms with Crippen molar-refractivity contribution >= 4 is 11.5 Å². The van der Waals surface area contributed by atoms with Gasteiger partial charge < -0.3 is 14.4 Å². The normalized spacial score (nSPS) is 13.8. The molecule has 6 heteroatoms. The molecule has 0 radical (unpaired) electrons. The molecule has 0 atom stereocenters. The average Bonchev–Trinajstić information content (AvgIpc) is 3.48. The molecule has 6 nitrogen and oxygen atoms in total. The van der Waals surface area contributed by atoms with Crippen LogP contribution in [0.25, 0.3) is 16.8 Å². The number of anilines is 1. The average molecular weight is 409 g/mol. The van der Waals surface area contributed by atoms with Gasteiger partial charge in [-0.15, -0.1) is 0 Å². The highest BCUT2D eigenvalue weighted by Crippen LogP contribution is 2.38. The predicted octanol–water partition coefficient (Wildman–Crippen LogP) is 4.85. The summed E-state index contributed by atoms with van der Waals surface area (Å²) < 4.78 is 13.1. The number of aryl methyl sites for hydroxylation is 1. The van der Waals surface area contributed by atoms with Crippen LogP contribution in [-0.4, -0.2) is 41.9 Å². The lowest BCUT2D eigenvalue weighted by atomic mass is 10.1. The van der Waals surface area contributed by atoms with Crippen LogP contribution in [0.5, 0.6) is 11.5 Å². The molecule has 0 unspecified atom stereocenters. The van der Waals surface area contributed by atoms with Crippen molar-refractivity contribution in [2.24, 2.45) is 11.8 Å². The Kier molecular flexibility index (Phi) is 5.84. The van der Waals surface area contributed by atoms with Gasteiger partial charge in [-0.05, 0) is 49.3 Å². The Balaban J connectivity index is 1.87. The first kappa shape index (κ1) is 20.5. The Labute approximate surface area is 178 Å². The van der Waals surface area contributed by atoms with Crippen LogP contribution in [0.1, 0.15) is 39.3 Å². The molecule has 160 valence electrons. The summed E-state index contributed by atoms with van der Waals surface area (Å²) in [6.07, 6.45) is 5.39. The minimum atomic E-state index is 0.573. The molecule has 30 heavy (non-hydrogen) atoms. The third kappa shape index (κ3) is 3.95. The van der Waals surface area contributed by atoms with Crippen LogP contribution in [0.15, 0.2) is 30.5 Å². The van der Waals surface area contributed by atoms with Crippen molar-refractivity contribution in [1.82, 2.24) is 14.6 Å². The fraction of sp³-hybridized carbons (Fsp3) is 0.500. The van der Waals surface area contributed by atoms with Crippen molar-refractivity contribution in [3.8, 4) is 22.6 Å². The molecule has 0 aliphatic heterocycles. The molecule has 0 spiro atoms. The smallest absolute Gasteiger partial charge is 0.164 e. The van der Waals surface area contributed by atoms with Gasteiger partial charge in [0.2, 0.25) is 0 Å². The van der Waals surface area contributed by atoms with Crippen molar-refractivity contribution in [3.63, 3.8) is 0 Å².